The van der Waals surface area contributed by atoms with Crippen LogP contribution in [-0.4, -0.2) is 59.1 Å². The van der Waals surface area contributed by atoms with Gasteiger partial charge < -0.3 is 14.5 Å². The van der Waals surface area contributed by atoms with E-state index in [1.807, 2.05) is 17.9 Å². The number of hydrogen-bond donors (Lipinski definition) is 0. The standard InChI is InChI=1S/C15H22N6O/c1-19-13-12(11-16-19)14(20-5-3-2-4-6-20)18-15(17-13)21-7-9-22-10-8-21/h11H,2-10H2,1H3. The van der Waals surface area contributed by atoms with Crippen molar-refractivity contribution < 1.29 is 4.74 Å². The summed E-state index contributed by atoms with van der Waals surface area (Å²) >= 11 is 0. The highest BCUT2D eigenvalue weighted by atomic mass is 16.5. The molecular weight excluding hydrogens is 280 g/mol. The van der Waals surface area contributed by atoms with Crippen molar-refractivity contribution in [2.45, 2.75) is 19.3 Å². The van der Waals surface area contributed by atoms with Gasteiger partial charge in [0.15, 0.2) is 5.65 Å². The van der Waals surface area contributed by atoms with Crippen molar-refractivity contribution in [2.75, 3.05) is 49.2 Å². The van der Waals surface area contributed by atoms with Gasteiger partial charge in [-0.15, -0.1) is 0 Å². The minimum Gasteiger partial charge on any atom is -0.378 e. The fourth-order valence-corrected chi connectivity index (χ4v) is 3.25. The Balaban J connectivity index is 1.78. The molecule has 4 heterocycles. The van der Waals surface area contributed by atoms with Crippen molar-refractivity contribution in [3.63, 3.8) is 0 Å². The van der Waals surface area contributed by atoms with Crippen LogP contribution in [-0.2, 0) is 11.8 Å². The van der Waals surface area contributed by atoms with Gasteiger partial charge in [-0.05, 0) is 19.3 Å². The Bertz CT molecular complexity index is 657. The lowest BCUT2D eigenvalue weighted by Crippen LogP contribution is -2.38. The zero-order chi connectivity index (χ0) is 14.9. The third-order valence-corrected chi connectivity index (χ3v) is 4.51. The molecule has 2 aliphatic heterocycles. The van der Waals surface area contributed by atoms with Crippen LogP contribution >= 0.6 is 0 Å². The summed E-state index contributed by atoms with van der Waals surface area (Å²) in [6, 6.07) is 0. The smallest absolute Gasteiger partial charge is 0.229 e. The number of piperidine rings is 1. The first-order chi connectivity index (χ1) is 10.8. The monoisotopic (exact) mass is 302 g/mol. The van der Waals surface area contributed by atoms with Gasteiger partial charge >= 0.3 is 0 Å². The summed E-state index contributed by atoms with van der Waals surface area (Å²) in [6.45, 7) is 5.33. The lowest BCUT2D eigenvalue weighted by molar-refractivity contribution is 0.122. The Hall–Kier alpha value is -1.89. The maximum absolute atomic E-state index is 5.44. The molecule has 0 N–H and O–H groups in total. The predicted molar refractivity (Wildman–Crippen MR) is 85.4 cm³/mol. The van der Waals surface area contributed by atoms with Crippen molar-refractivity contribution in [2.24, 2.45) is 7.05 Å². The molecule has 2 saturated heterocycles. The average molecular weight is 302 g/mol. The minimum atomic E-state index is 0.742. The second-order valence-electron chi connectivity index (χ2n) is 6.00. The summed E-state index contributed by atoms with van der Waals surface area (Å²) < 4.78 is 7.28. The van der Waals surface area contributed by atoms with E-state index in [-0.39, 0.29) is 0 Å². The van der Waals surface area contributed by atoms with Crippen LogP contribution in [0.25, 0.3) is 11.0 Å². The SMILES string of the molecule is Cn1ncc2c(N3CCCCC3)nc(N3CCOCC3)nc21. The molecule has 2 aromatic heterocycles. The Labute approximate surface area is 129 Å². The number of morpholine rings is 1. The molecule has 0 amide bonds. The molecular formula is C15H22N6O. The van der Waals surface area contributed by atoms with Gasteiger partial charge in [-0.1, -0.05) is 0 Å². The molecule has 2 aromatic rings. The lowest BCUT2D eigenvalue weighted by Gasteiger charge is -2.31. The third-order valence-electron chi connectivity index (χ3n) is 4.51. The second-order valence-corrected chi connectivity index (χ2v) is 6.00. The number of aromatic nitrogens is 4. The normalized spacial score (nSPS) is 19.9. The van der Waals surface area contributed by atoms with E-state index in [1.165, 1.54) is 19.3 Å². The molecule has 0 unspecified atom stereocenters. The zero-order valence-corrected chi connectivity index (χ0v) is 13.0. The predicted octanol–water partition coefficient (Wildman–Crippen LogP) is 1.19. The molecule has 22 heavy (non-hydrogen) atoms. The molecule has 0 saturated carbocycles. The summed E-state index contributed by atoms with van der Waals surface area (Å²) in [4.78, 5) is 14.2. The van der Waals surface area contributed by atoms with E-state index >= 15 is 0 Å². The van der Waals surface area contributed by atoms with Gasteiger partial charge in [0.25, 0.3) is 0 Å². The number of anilines is 2. The van der Waals surface area contributed by atoms with Crippen molar-refractivity contribution in [1.29, 1.82) is 0 Å². The topological polar surface area (TPSA) is 59.3 Å². The van der Waals surface area contributed by atoms with Crippen molar-refractivity contribution >= 4 is 22.8 Å². The van der Waals surface area contributed by atoms with Gasteiger partial charge in [0, 0.05) is 33.2 Å². The molecule has 0 aromatic carbocycles. The molecule has 7 heteroatoms. The average Bonchev–Trinajstić information content (AvgIpc) is 2.97. The molecule has 0 radical (unpaired) electrons. The fourth-order valence-electron chi connectivity index (χ4n) is 3.25. The van der Waals surface area contributed by atoms with Gasteiger partial charge in [-0.2, -0.15) is 15.1 Å². The molecule has 0 bridgehead atoms. The van der Waals surface area contributed by atoms with E-state index in [0.717, 1.165) is 62.2 Å². The summed E-state index contributed by atoms with van der Waals surface area (Å²) in [5.41, 5.74) is 0.914. The van der Waals surface area contributed by atoms with Gasteiger partial charge in [-0.25, -0.2) is 0 Å². The summed E-state index contributed by atoms with van der Waals surface area (Å²) in [5, 5.41) is 5.44. The van der Waals surface area contributed by atoms with Gasteiger partial charge in [0.2, 0.25) is 5.95 Å². The van der Waals surface area contributed by atoms with Crippen LogP contribution in [0, 0.1) is 0 Å². The van der Waals surface area contributed by atoms with Crippen LogP contribution in [0.4, 0.5) is 11.8 Å². The van der Waals surface area contributed by atoms with Crippen molar-refractivity contribution in [1.82, 2.24) is 19.7 Å². The number of rotatable bonds is 2. The van der Waals surface area contributed by atoms with Crippen LogP contribution in [0.1, 0.15) is 19.3 Å². The van der Waals surface area contributed by atoms with E-state index in [4.69, 9.17) is 14.7 Å². The molecule has 0 aliphatic carbocycles. The van der Waals surface area contributed by atoms with Gasteiger partial charge in [-0.3, -0.25) is 4.68 Å². The summed E-state index contributed by atoms with van der Waals surface area (Å²) in [7, 11) is 1.94. The first-order valence-electron chi connectivity index (χ1n) is 8.10. The van der Waals surface area contributed by atoms with E-state index in [2.05, 4.69) is 14.9 Å². The Kier molecular flexibility index (Phi) is 3.57. The van der Waals surface area contributed by atoms with Crippen LogP contribution in [0.5, 0.6) is 0 Å². The van der Waals surface area contributed by atoms with E-state index in [0.29, 0.717) is 0 Å². The largest absolute Gasteiger partial charge is 0.378 e. The summed E-state index contributed by atoms with van der Waals surface area (Å²) in [6.07, 6.45) is 5.67. The maximum atomic E-state index is 5.44. The number of aryl methyl sites for hydroxylation is 1. The van der Waals surface area contributed by atoms with Gasteiger partial charge in [0.1, 0.15) is 5.82 Å². The minimum absolute atomic E-state index is 0.742. The Morgan fingerprint density at radius 1 is 0.955 bits per heavy atom. The number of hydrogen-bond acceptors (Lipinski definition) is 6. The van der Waals surface area contributed by atoms with E-state index < -0.39 is 0 Å². The third kappa shape index (κ3) is 2.39. The molecule has 2 fully saturated rings. The summed E-state index contributed by atoms with van der Waals surface area (Å²) in [5.74, 6) is 1.85. The molecule has 0 spiro atoms. The molecule has 118 valence electrons. The van der Waals surface area contributed by atoms with Gasteiger partial charge in [0.05, 0.1) is 24.8 Å². The van der Waals surface area contributed by atoms with E-state index in [9.17, 15) is 0 Å². The quantitative estimate of drug-likeness (QED) is 0.830. The highest BCUT2D eigenvalue weighted by Crippen LogP contribution is 2.28. The van der Waals surface area contributed by atoms with Crippen LogP contribution in [0.15, 0.2) is 6.20 Å². The number of nitrogens with zero attached hydrogens (tertiary/aromatic N) is 6. The van der Waals surface area contributed by atoms with Crippen LogP contribution in [0.2, 0.25) is 0 Å². The van der Waals surface area contributed by atoms with Crippen molar-refractivity contribution in [3.05, 3.63) is 6.20 Å². The number of fused-ring (bicyclic) bond motifs is 1. The molecule has 4 rings (SSSR count). The fraction of sp³-hybridized carbons (Fsp3) is 0.667. The van der Waals surface area contributed by atoms with Crippen LogP contribution < -0.4 is 9.80 Å². The number of ether oxygens (including phenoxy) is 1. The second kappa shape index (κ2) is 5.72. The first kappa shape index (κ1) is 13.8. The van der Waals surface area contributed by atoms with E-state index in [1.54, 1.807) is 0 Å². The first-order valence-corrected chi connectivity index (χ1v) is 8.10. The maximum Gasteiger partial charge on any atom is 0.229 e. The zero-order valence-electron chi connectivity index (χ0n) is 13.0. The highest BCUT2D eigenvalue weighted by Gasteiger charge is 2.22. The van der Waals surface area contributed by atoms with Crippen molar-refractivity contribution in [3.8, 4) is 0 Å². The Morgan fingerprint density at radius 2 is 1.73 bits per heavy atom. The lowest BCUT2D eigenvalue weighted by atomic mass is 10.1. The molecule has 2 aliphatic rings. The molecule has 7 nitrogen and oxygen atoms in total. The molecule has 0 atom stereocenters. The highest BCUT2D eigenvalue weighted by molar-refractivity contribution is 5.88. The Morgan fingerprint density at radius 3 is 2.50 bits per heavy atom. The van der Waals surface area contributed by atoms with Crippen LogP contribution in [0.3, 0.4) is 0 Å².